The summed E-state index contributed by atoms with van der Waals surface area (Å²) < 4.78 is 32.7. The molecule has 0 amide bonds. The van der Waals surface area contributed by atoms with E-state index in [9.17, 15) is 23.8 Å². The maximum absolute atomic E-state index is 12.6. The summed E-state index contributed by atoms with van der Waals surface area (Å²) in [5, 5.41) is 8.88. The molecule has 0 aromatic heterocycles. The number of carboxylic acids is 1. The van der Waals surface area contributed by atoms with Gasteiger partial charge in [-0.05, 0) is 38.5 Å². The van der Waals surface area contributed by atoms with Gasteiger partial charge in [0, 0.05) is 12.8 Å². The minimum atomic E-state index is -4.71. The van der Waals surface area contributed by atoms with Crippen molar-refractivity contribution in [1.29, 1.82) is 0 Å². The molecular formula is C42H80NO10P. The van der Waals surface area contributed by atoms with Gasteiger partial charge in [-0.15, -0.1) is 0 Å². The van der Waals surface area contributed by atoms with Crippen molar-refractivity contribution in [2.45, 2.75) is 219 Å². The first-order valence-corrected chi connectivity index (χ1v) is 23.2. The highest BCUT2D eigenvalue weighted by atomic mass is 31.2. The zero-order valence-corrected chi connectivity index (χ0v) is 35.2. The number of carbonyl (C=O) groups excluding carboxylic acids is 2. The van der Waals surface area contributed by atoms with Crippen LogP contribution in [-0.4, -0.2) is 59.9 Å². The molecule has 0 aliphatic rings. The van der Waals surface area contributed by atoms with Gasteiger partial charge in [0.25, 0.3) is 0 Å². The number of nitrogens with two attached hydrogens (primary N) is 1. The second-order valence-electron chi connectivity index (χ2n) is 14.8. The Morgan fingerprint density at radius 3 is 1.35 bits per heavy atom. The Morgan fingerprint density at radius 2 is 0.926 bits per heavy atom. The summed E-state index contributed by atoms with van der Waals surface area (Å²) in [7, 11) is -4.71. The lowest BCUT2D eigenvalue weighted by molar-refractivity contribution is -0.161. The fourth-order valence-electron chi connectivity index (χ4n) is 6.06. The van der Waals surface area contributed by atoms with Crippen molar-refractivity contribution in [1.82, 2.24) is 0 Å². The lowest BCUT2D eigenvalue weighted by Crippen LogP contribution is -2.34. The van der Waals surface area contributed by atoms with Crippen molar-refractivity contribution in [2.75, 3.05) is 19.8 Å². The van der Waals surface area contributed by atoms with Crippen LogP contribution in [0.3, 0.4) is 0 Å². The summed E-state index contributed by atoms with van der Waals surface area (Å²) in [5.74, 6) is -2.38. The molecule has 11 nitrogen and oxygen atoms in total. The number of phosphoric ester groups is 1. The standard InChI is InChI=1S/C42H80NO10P/c1-3-5-7-9-11-13-15-17-19-21-23-25-27-29-31-33-40(44)50-35-38(36-51-54(48,49)52-37-39(43)42(46)47)53-41(45)34-32-30-28-26-24-22-20-18-16-14-12-10-8-6-4-2/h17,19,38-39H,3-16,18,20-37,43H2,1-2H3,(H,46,47)(H,48,49)/b19-17-/t38-,39+/m1/s1. The molecule has 0 rings (SSSR count). The highest BCUT2D eigenvalue weighted by Gasteiger charge is 2.28. The van der Waals surface area contributed by atoms with Crippen molar-refractivity contribution in [3.8, 4) is 0 Å². The predicted molar refractivity (Wildman–Crippen MR) is 217 cm³/mol. The van der Waals surface area contributed by atoms with Gasteiger partial charge in [-0.3, -0.25) is 23.4 Å². The van der Waals surface area contributed by atoms with Crippen LogP contribution in [0.4, 0.5) is 0 Å². The number of hydrogen-bond acceptors (Lipinski definition) is 9. The minimum absolute atomic E-state index is 0.165. The number of aliphatic carboxylic acids is 1. The molecular weight excluding hydrogens is 709 g/mol. The molecule has 0 aliphatic heterocycles. The first-order chi connectivity index (χ1) is 26.1. The highest BCUT2D eigenvalue weighted by Crippen LogP contribution is 2.43. The second-order valence-corrected chi connectivity index (χ2v) is 16.3. The molecule has 0 aromatic carbocycles. The van der Waals surface area contributed by atoms with Crippen molar-refractivity contribution in [3.05, 3.63) is 12.2 Å². The van der Waals surface area contributed by atoms with Gasteiger partial charge >= 0.3 is 25.7 Å². The Balaban J connectivity index is 4.35. The number of carbonyl (C=O) groups is 3. The fraction of sp³-hybridized carbons (Fsp3) is 0.881. The third-order valence-corrected chi connectivity index (χ3v) is 10.5. The summed E-state index contributed by atoms with van der Waals surface area (Å²) in [5.41, 5.74) is 5.33. The van der Waals surface area contributed by atoms with Crippen molar-refractivity contribution >= 4 is 25.7 Å². The zero-order valence-electron chi connectivity index (χ0n) is 34.3. The highest BCUT2D eigenvalue weighted by molar-refractivity contribution is 7.47. The smallest absolute Gasteiger partial charge is 0.472 e. The molecule has 0 spiro atoms. The molecule has 4 N–H and O–H groups in total. The van der Waals surface area contributed by atoms with Crippen LogP contribution in [0.25, 0.3) is 0 Å². The van der Waals surface area contributed by atoms with Crippen LogP contribution in [-0.2, 0) is 37.5 Å². The van der Waals surface area contributed by atoms with E-state index >= 15 is 0 Å². The van der Waals surface area contributed by atoms with Crippen LogP contribution >= 0.6 is 7.82 Å². The summed E-state index contributed by atoms with van der Waals surface area (Å²) in [4.78, 5) is 45.9. The Labute approximate surface area is 328 Å². The van der Waals surface area contributed by atoms with E-state index in [0.717, 1.165) is 57.8 Å². The Hall–Kier alpha value is -1.78. The molecule has 12 heteroatoms. The molecule has 0 fully saturated rings. The van der Waals surface area contributed by atoms with Gasteiger partial charge in [-0.2, -0.15) is 0 Å². The summed E-state index contributed by atoms with van der Waals surface area (Å²) in [6, 6.07) is -1.52. The van der Waals surface area contributed by atoms with Crippen molar-refractivity contribution in [2.24, 2.45) is 5.73 Å². The average molecular weight is 790 g/mol. The number of allylic oxidation sites excluding steroid dienone is 2. The van der Waals surface area contributed by atoms with Crippen LogP contribution in [0.15, 0.2) is 12.2 Å². The zero-order chi connectivity index (χ0) is 40.0. The number of hydrogen-bond donors (Lipinski definition) is 3. The molecule has 0 radical (unpaired) electrons. The number of esters is 2. The van der Waals surface area contributed by atoms with E-state index in [1.807, 2.05) is 0 Å². The number of ether oxygens (including phenoxy) is 2. The SMILES string of the molecule is CCCCCCCC/C=C\CCCCCCCC(=O)OC[C@H](COP(=O)(O)OC[C@H](N)C(=O)O)OC(=O)CCCCCCCCCCCCCCCCC. The van der Waals surface area contributed by atoms with Gasteiger partial charge in [-0.1, -0.05) is 167 Å². The van der Waals surface area contributed by atoms with E-state index in [-0.39, 0.29) is 19.4 Å². The number of unbranched alkanes of at least 4 members (excludes halogenated alkanes) is 25. The molecule has 54 heavy (non-hydrogen) atoms. The van der Waals surface area contributed by atoms with E-state index in [0.29, 0.717) is 12.8 Å². The van der Waals surface area contributed by atoms with E-state index in [1.54, 1.807) is 0 Å². The van der Waals surface area contributed by atoms with E-state index < -0.39 is 51.1 Å². The number of phosphoric acid groups is 1. The third-order valence-electron chi connectivity index (χ3n) is 9.51. The topological polar surface area (TPSA) is 172 Å². The van der Waals surface area contributed by atoms with Gasteiger partial charge in [-0.25, -0.2) is 4.57 Å². The summed E-state index contributed by atoms with van der Waals surface area (Å²) in [6.45, 7) is 2.81. The molecule has 0 aromatic rings. The maximum atomic E-state index is 12.6. The summed E-state index contributed by atoms with van der Waals surface area (Å²) >= 11 is 0. The lowest BCUT2D eigenvalue weighted by Gasteiger charge is -2.20. The molecule has 318 valence electrons. The van der Waals surface area contributed by atoms with E-state index in [4.69, 9.17) is 24.8 Å². The van der Waals surface area contributed by atoms with Gasteiger partial charge < -0.3 is 25.2 Å². The van der Waals surface area contributed by atoms with Crippen LogP contribution in [0.1, 0.15) is 206 Å². The van der Waals surface area contributed by atoms with Crippen molar-refractivity contribution < 1.29 is 47.5 Å². The maximum Gasteiger partial charge on any atom is 0.472 e. The second kappa shape index (κ2) is 38.1. The third kappa shape index (κ3) is 37.2. The van der Waals surface area contributed by atoms with Crippen molar-refractivity contribution in [3.63, 3.8) is 0 Å². The quantitative estimate of drug-likeness (QED) is 0.0233. The first-order valence-electron chi connectivity index (χ1n) is 21.7. The fourth-order valence-corrected chi connectivity index (χ4v) is 6.84. The van der Waals surface area contributed by atoms with Gasteiger partial charge in [0.2, 0.25) is 0 Å². The molecule has 0 heterocycles. The minimum Gasteiger partial charge on any atom is -0.480 e. The molecule has 0 aliphatic carbocycles. The molecule has 3 atom stereocenters. The largest absolute Gasteiger partial charge is 0.480 e. The average Bonchev–Trinajstić information content (AvgIpc) is 3.14. The normalized spacial score (nSPS) is 13.9. The first kappa shape index (κ1) is 52.2. The van der Waals surface area contributed by atoms with Gasteiger partial charge in [0.15, 0.2) is 6.10 Å². The van der Waals surface area contributed by atoms with Crippen LogP contribution < -0.4 is 5.73 Å². The van der Waals surface area contributed by atoms with E-state index in [2.05, 4.69) is 30.5 Å². The monoisotopic (exact) mass is 790 g/mol. The Morgan fingerprint density at radius 1 is 0.556 bits per heavy atom. The van der Waals surface area contributed by atoms with Crippen LogP contribution in [0.2, 0.25) is 0 Å². The molecule has 0 saturated carbocycles. The van der Waals surface area contributed by atoms with Gasteiger partial charge in [0.1, 0.15) is 12.6 Å². The molecule has 0 saturated heterocycles. The Kier molecular flexibility index (Phi) is 36.9. The molecule has 1 unspecified atom stereocenters. The number of carboxylic acid groups (broad SMARTS) is 1. The lowest BCUT2D eigenvalue weighted by atomic mass is 10.0. The van der Waals surface area contributed by atoms with Crippen LogP contribution in [0.5, 0.6) is 0 Å². The molecule has 0 bridgehead atoms. The van der Waals surface area contributed by atoms with E-state index in [1.165, 1.54) is 109 Å². The predicted octanol–water partition coefficient (Wildman–Crippen LogP) is 11.3. The van der Waals surface area contributed by atoms with Crippen LogP contribution in [0, 0.1) is 0 Å². The number of rotatable bonds is 41. The van der Waals surface area contributed by atoms with Gasteiger partial charge in [0.05, 0.1) is 13.2 Å². The Bertz CT molecular complexity index is 979. The summed E-state index contributed by atoms with van der Waals surface area (Å²) in [6.07, 6.45) is 37.0.